The highest BCUT2D eigenvalue weighted by Gasteiger charge is 2.32. The quantitative estimate of drug-likeness (QED) is 0.903. The maximum absolute atomic E-state index is 13.4. The molecular weight excluding hydrogens is 260 g/mol. The molecular formula is C12H15F2NO2S. The average Bonchev–Trinajstić information content (AvgIpc) is 2.64. The van der Waals surface area contributed by atoms with Crippen LogP contribution in [0.5, 0.6) is 0 Å². The smallest absolute Gasteiger partial charge is 0.150 e. The fraction of sp³-hybridized carbons (Fsp3) is 0.500. The van der Waals surface area contributed by atoms with Crippen LogP contribution in [0.4, 0.5) is 8.78 Å². The summed E-state index contributed by atoms with van der Waals surface area (Å²) in [6, 6.07) is 2.75. The van der Waals surface area contributed by atoms with E-state index in [-0.39, 0.29) is 29.4 Å². The van der Waals surface area contributed by atoms with Crippen LogP contribution in [0.2, 0.25) is 0 Å². The van der Waals surface area contributed by atoms with Gasteiger partial charge in [-0.05, 0) is 42.5 Å². The van der Waals surface area contributed by atoms with Crippen molar-refractivity contribution in [2.75, 3.05) is 11.5 Å². The molecule has 0 aromatic heterocycles. The maximum Gasteiger partial charge on any atom is 0.150 e. The van der Waals surface area contributed by atoms with Gasteiger partial charge in [-0.3, -0.25) is 0 Å². The van der Waals surface area contributed by atoms with Gasteiger partial charge in [-0.25, -0.2) is 17.2 Å². The first-order valence-electron chi connectivity index (χ1n) is 5.77. The van der Waals surface area contributed by atoms with E-state index in [9.17, 15) is 17.2 Å². The van der Waals surface area contributed by atoms with Gasteiger partial charge < -0.3 is 5.73 Å². The molecule has 1 aromatic rings. The normalized spacial score (nSPS) is 24.1. The molecule has 18 heavy (non-hydrogen) atoms. The second-order valence-corrected chi connectivity index (χ2v) is 7.00. The summed E-state index contributed by atoms with van der Waals surface area (Å²) in [5.74, 6) is -1.01. The summed E-state index contributed by atoms with van der Waals surface area (Å²) in [5, 5.41) is 0. The largest absolute Gasteiger partial charge is 0.327 e. The molecule has 1 aliphatic rings. The van der Waals surface area contributed by atoms with Crippen molar-refractivity contribution >= 4 is 9.84 Å². The predicted molar refractivity (Wildman–Crippen MR) is 64.8 cm³/mol. The van der Waals surface area contributed by atoms with Gasteiger partial charge in [0.15, 0.2) is 9.84 Å². The van der Waals surface area contributed by atoms with Crippen LogP contribution in [0.15, 0.2) is 18.2 Å². The molecule has 2 N–H and O–H groups in total. The van der Waals surface area contributed by atoms with Gasteiger partial charge in [0.25, 0.3) is 0 Å². The van der Waals surface area contributed by atoms with Crippen LogP contribution in [-0.2, 0) is 16.3 Å². The summed E-state index contributed by atoms with van der Waals surface area (Å²) in [5.41, 5.74) is 6.10. The molecule has 0 saturated carbocycles. The first-order chi connectivity index (χ1) is 8.37. The molecule has 2 rings (SSSR count). The van der Waals surface area contributed by atoms with Crippen LogP contribution in [0, 0.1) is 17.6 Å². The molecule has 1 aromatic carbocycles. The fourth-order valence-corrected chi connectivity index (χ4v) is 4.18. The van der Waals surface area contributed by atoms with Crippen LogP contribution < -0.4 is 5.73 Å². The fourth-order valence-electron chi connectivity index (χ4n) is 2.28. The molecule has 3 nitrogen and oxygen atoms in total. The molecule has 0 aliphatic carbocycles. The second kappa shape index (κ2) is 4.93. The van der Waals surface area contributed by atoms with Gasteiger partial charge in [0, 0.05) is 6.04 Å². The average molecular weight is 275 g/mol. The highest BCUT2D eigenvalue weighted by atomic mass is 32.2. The van der Waals surface area contributed by atoms with Crippen LogP contribution in [0.25, 0.3) is 0 Å². The van der Waals surface area contributed by atoms with E-state index in [1.165, 1.54) is 0 Å². The highest BCUT2D eigenvalue weighted by molar-refractivity contribution is 7.91. The van der Waals surface area contributed by atoms with E-state index in [0.29, 0.717) is 6.42 Å². The van der Waals surface area contributed by atoms with Gasteiger partial charge in [0.05, 0.1) is 11.5 Å². The lowest BCUT2D eigenvalue weighted by molar-refractivity contribution is 0.452. The third-order valence-electron chi connectivity index (χ3n) is 3.34. The first-order valence-corrected chi connectivity index (χ1v) is 7.59. The lowest BCUT2D eigenvalue weighted by Crippen LogP contribution is -2.33. The second-order valence-electron chi connectivity index (χ2n) is 4.77. The Labute approximate surface area is 105 Å². The van der Waals surface area contributed by atoms with Gasteiger partial charge in [0.1, 0.15) is 11.6 Å². The van der Waals surface area contributed by atoms with Gasteiger partial charge in [0.2, 0.25) is 0 Å². The standard InChI is InChI=1S/C12H15F2NO2S/c13-10-1-2-11(14)9(5-10)6-12(15)8-3-4-18(16,17)7-8/h1-2,5,8,12H,3-4,6-7,15H2. The van der Waals surface area contributed by atoms with Crippen LogP contribution in [-0.4, -0.2) is 26.0 Å². The minimum absolute atomic E-state index is 0.0467. The van der Waals surface area contributed by atoms with E-state index in [2.05, 4.69) is 0 Å². The van der Waals surface area contributed by atoms with E-state index in [1.54, 1.807) is 0 Å². The Morgan fingerprint density at radius 1 is 1.39 bits per heavy atom. The summed E-state index contributed by atoms with van der Waals surface area (Å²) < 4.78 is 49.1. The van der Waals surface area contributed by atoms with Gasteiger partial charge >= 0.3 is 0 Å². The van der Waals surface area contributed by atoms with Crippen molar-refractivity contribution < 1.29 is 17.2 Å². The van der Waals surface area contributed by atoms with Crippen molar-refractivity contribution in [3.8, 4) is 0 Å². The summed E-state index contributed by atoms with van der Waals surface area (Å²) in [6.45, 7) is 0. The molecule has 0 amide bonds. The summed E-state index contributed by atoms with van der Waals surface area (Å²) in [6.07, 6.45) is 0.657. The third kappa shape index (κ3) is 3.05. The van der Waals surface area contributed by atoms with E-state index >= 15 is 0 Å². The lowest BCUT2D eigenvalue weighted by Gasteiger charge is -2.18. The zero-order chi connectivity index (χ0) is 13.3. The van der Waals surface area contributed by atoms with Crippen molar-refractivity contribution in [1.29, 1.82) is 0 Å². The van der Waals surface area contributed by atoms with E-state index in [4.69, 9.17) is 5.73 Å². The van der Waals surface area contributed by atoms with Crippen molar-refractivity contribution in [2.45, 2.75) is 18.9 Å². The molecule has 6 heteroatoms. The lowest BCUT2D eigenvalue weighted by atomic mass is 9.93. The predicted octanol–water partition coefficient (Wildman–Crippen LogP) is 1.27. The third-order valence-corrected chi connectivity index (χ3v) is 5.13. The Balaban J connectivity index is 2.08. The zero-order valence-corrected chi connectivity index (χ0v) is 10.6. The molecule has 0 radical (unpaired) electrons. The zero-order valence-electron chi connectivity index (χ0n) is 9.77. The van der Waals surface area contributed by atoms with Crippen molar-refractivity contribution in [2.24, 2.45) is 11.7 Å². The Hall–Kier alpha value is -1.01. The minimum Gasteiger partial charge on any atom is -0.327 e. The number of hydrogen-bond donors (Lipinski definition) is 1. The molecule has 1 aliphatic heterocycles. The molecule has 2 atom stereocenters. The Morgan fingerprint density at radius 3 is 2.72 bits per heavy atom. The van der Waals surface area contributed by atoms with Gasteiger partial charge in [-0.1, -0.05) is 0 Å². The summed E-state index contributed by atoms with van der Waals surface area (Å²) >= 11 is 0. The van der Waals surface area contributed by atoms with Gasteiger partial charge in [-0.15, -0.1) is 0 Å². The minimum atomic E-state index is -3.00. The molecule has 0 spiro atoms. The highest BCUT2D eigenvalue weighted by Crippen LogP contribution is 2.23. The van der Waals surface area contributed by atoms with Crippen molar-refractivity contribution in [1.82, 2.24) is 0 Å². The molecule has 1 heterocycles. The summed E-state index contributed by atoms with van der Waals surface area (Å²) in [7, 11) is -3.00. The van der Waals surface area contributed by atoms with E-state index in [0.717, 1.165) is 18.2 Å². The van der Waals surface area contributed by atoms with Gasteiger partial charge in [-0.2, -0.15) is 0 Å². The van der Waals surface area contributed by atoms with Crippen LogP contribution in [0.3, 0.4) is 0 Å². The number of hydrogen-bond acceptors (Lipinski definition) is 3. The Morgan fingerprint density at radius 2 is 2.11 bits per heavy atom. The number of halogens is 2. The number of benzene rings is 1. The molecule has 0 bridgehead atoms. The van der Waals surface area contributed by atoms with E-state index < -0.39 is 27.5 Å². The Kier molecular flexibility index (Phi) is 3.68. The molecule has 2 unspecified atom stereocenters. The number of sulfone groups is 1. The van der Waals surface area contributed by atoms with E-state index in [1.807, 2.05) is 0 Å². The molecule has 1 saturated heterocycles. The molecule has 1 fully saturated rings. The van der Waals surface area contributed by atoms with Crippen molar-refractivity contribution in [3.63, 3.8) is 0 Å². The Bertz CT molecular complexity index is 545. The molecule has 100 valence electrons. The maximum atomic E-state index is 13.4. The first kappa shape index (κ1) is 13.4. The van der Waals surface area contributed by atoms with Crippen LogP contribution >= 0.6 is 0 Å². The monoisotopic (exact) mass is 275 g/mol. The summed E-state index contributed by atoms with van der Waals surface area (Å²) in [4.78, 5) is 0. The van der Waals surface area contributed by atoms with Crippen LogP contribution in [0.1, 0.15) is 12.0 Å². The number of nitrogens with two attached hydrogens (primary N) is 1. The van der Waals surface area contributed by atoms with Crippen molar-refractivity contribution in [3.05, 3.63) is 35.4 Å². The SMILES string of the molecule is NC(Cc1cc(F)ccc1F)C1CCS(=O)(=O)C1. The number of rotatable bonds is 3. The topological polar surface area (TPSA) is 60.2 Å².